The summed E-state index contributed by atoms with van der Waals surface area (Å²) in [4.78, 5) is 29.5. The monoisotopic (exact) mass is 322 g/mol. The molecule has 1 aromatic carbocycles. The number of fused-ring (bicyclic) bond motifs is 1. The van der Waals surface area contributed by atoms with E-state index in [0.29, 0.717) is 5.39 Å². The second-order valence-electron chi connectivity index (χ2n) is 5.90. The minimum atomic E-state index is -0.0148. The van der Waals surface area contributed by atoms with Gasteiger partial charge in [0.15, 0.2) is 0 Å². The van der Waals surface area contributed by atoms with Crippen molar-refractivity contribution < 1.29 is 0 Å². The highest BCUT2D eigenvalue weighted by atomic mass is 16.1. The fraction of sp³-hybridized carbons (Fsp3) is 0.294. The van der Waals surface area contributed by atoms with Crippen molar-refractivity contribution in [3.05, 3.63) is 53.5 Å². The van der Waals surface area contributed by atoms with Crippen molar-refractivity contribution in [2.45, 2.75) is 0 Å². The maximum Gasteiger partial charge on any atom is 0.260 e. The fourth-order valence-corrected chi connectivity index (χ4v) is 3.04. The minimum Gasteiger partial charge on any atom is -0.368 e. The van der Waals surface area contributed by atoms with E-state index in [1.54, 1.807) is 32.0 Å². The zero-order valence-electron chi connectivity index (χ0n) is 13.5. The Labute approximate surface area is 139 Å². The van der Waals surface area contributed by atoms with E-state index in [-0.39, 0.29) is 5.56 Å². The predicted octanol–water partition coefficient (Wildman–Crippen LogP) is 1.05. The highest BCUT2D eigenvalue weighted by molar-refractivity contribution is 5.81. The van der Waals surface area contributed by atoms with Crippen molar-refractivity contribution in [2.24, 2.45) is 7.05 Å². The predicted molar refractivity (Wildman–Crippen MR) is 93.4 cm³/mol. The van der Waals surface area contributed by atoms with Gasteiger partial charge in [-0.1, -0.05) is 0 Å². The van der Waals surface area contributed by atoms with E-state index in [4.69, 9.17) is 0 Å². The van der Waals surface area contributed by atoms with Crippen LogP contribution in [0.4, 0.5) is 11.5 Å². The molecule has 0 N–H and O–H groups in total. The van der Waals surface area contributed by atoms with E-state index in [1.807, 2.05) is 18.2 Å². The van der Waals surface area contributed by atoms with Gasteiger partial charge in [0.25, 0.3) is 5.56 Å². The molecule has 3 heterocycles. The maximum atomic E-state index is 12.1. The average molecular weight is 322 g/mol. The number of hydrogen-bond acceptors (Lipinski definition) is 6. The van der Waals surface area contributed by atoms with Gasteiger partial charge in [-0.05, 0) is 18.2 Å². The average Bonchev–Trinajstić information content (AvgIpc) is 2.65. The summed E-state index contributed by atoms with van der Waals surface area (Å²) in [6.07, 6.45) is 6.77. The number of nitrogens with zero attached hydrogens (tertiary/aromatic N) is 6. The van der Waals surface area contributed by atoms with Crippen LogP contribution in [0.3, 0.4) is 0 Å². The molecule has 7 heteroatoms. The molecule has 4 rings (SSSR count). The molecule has 0 bridgehead atoms. The van der Waals surface area contributed by atoms with Gasteiger partial charge >= 0.3 is 0 Å². The Hall–Kier alpha value is -2.96. The van der Waals surface area contributed by atoms with E-state index in [2.05, 4.69) is 24.8 Å². The standard InChI is InChI=1S/C17H18N6O/c1-21-12-20-15-10-13(2-3-14(15)17(21)24)22-6-8-23(9-7-22)16-11-18-4-5-19-16/h2-5,10-12H,6-9H2,1H3. The Kier molecular flexibility index (Phi) is 3.60. The number of hydrogen-bond donors (Lipinski definition) is 0. The van der Waals surface area contributed by atoms with Crippen LogP contribution in [0.5, 0.6) is 0 Å². The van der Waals surface area contributed by atoms with E-state index >= 15 is 0 Å². The molecule has 0 saturated carbocycles. The topological polar surface area (TPSA) is 67.2 Å². The molecule has 3 aromatic rings. The molecule has 0 amide bonds. The number of benzene rings is 1. The quantitative estimate of drug-likeness (QED) is 0.702. The molecule has 0 aliphatic carbocycles. The number of anilines is 2. The van der Waals surface area contributed by atoms with Crippen molar-refractivity contribution >= 4 is 22.4 Å². The van der Waals surface area contributed by atoms with Gasteiger partial charge in [0, 0.05) is 51.3 Å². The summed E-state index contributed by atoms with van der Waals surface area (Å²) in [5.41, 5.74) is 1.83. The van der Waals surface area contributed by atoms with Gasteiger partial charge in [0.1, 0.15) is 5.82 Å². The first-order valence-corrected chi connectivity index (χ1v) is 7.94. The lowest BCUT2D eigenvalue weighted by Crippen LogP contribution is -2.46. The van der Waals surface area contributed by atoms with E-state index in [1.165, 1.54) is 4.57 Å². The highest BCUT2D eigenvalue weighted by Crippen LogP contribution is 2.21. The maximum absolute atomic E-state index is 12.1. The van der Waals surface area contributed by atoms with Crippen LogP contribution < -0.4 is 15.4 Å². The second kappa shape index (κ2) is 5.92. The first kappa shape index (κ1) is 14.6. The van der Waals surface area contributed by atoms with Gasteiger partial charge in [-0.2, -0.15) is 0 Å². The van der Waals surface area contributed by atoms with Crippen LogP contribution in [-0.4, -0.2) is 45.7 Å². The number of aryl methyl sites for hydroxylation is 1. The molecule has 0 unspecified atom stereocenters. The lowest BCUT2D eigenvalue weighted by atomic mass is 10.2. The first-order valence-electron chi connectivity index (χ1n) is 7.94. The summed E-state index contributed by atoms with van der Waals surface area (Å²) in [5.74, 6) is 0.917. The van der Waals surface area contributed by atoms with Crippen LogP contribution in [0, 0.1) is 0 Å². The summed E-state index contributed by atoms with van der Waals surface area (Å²) >= 11 is 0. The molecule has 7 nitrogen and oxygen atoms in total. The molecule has 0 atom stereocenters. The van der Waals surface area contributed by atoms with Crippen molar-refractivity contribution in [2.75, 3.05) is 36.0 Å². The van der Waals surface area contributed by atoms with E-state index in [0.717, 1.165) is 43.2 Å². The van der Waals surface area contributed by atoms with Gasteiger partial charge < -0.3 is 14.4 Å². The van der Waals surface area contributed by atoms with Gasteiger partial charge in [-0.25, -0.2) is 9.97 Å². The van der Waals surface area contributed by atoms with Gasteiger partial charge in [0.05, 0.1) is 23.4 Å². The van der Waals surface area contributed by atoms with Crippen LogP contribution in [0.15, 0.2) is 47.9 Å². The molecular weight excluding hydrogens is 304 g/mol. The molecule has 1 aliphatic heterocycles. The molecule has 1 aliphatic rings. The Bertz CT molecular complexity index is 915. The molecule has 1 saturated heterocycles. The summed E-state index contributed by atoms with van der Waals surface area (Å²) < 4.78 is 1.50. The van der Waals surface area contributed by atoms with Crippen LogP contribution in [0.25, 0.3) is 10.9 Å². The molecule has 122 valence electrons. The smallest absolute Gasteiger partial charge is 0.260 e. The number of piperazine rings is 1. The summed E-state index contributed by atoms with van der Waals surface area (Å²) in [6.45, 7) is 3.57. The van der Waals surface area contributed by atoms with Crippen molar-refractivity contribution in [3.8, 4) is 0 Å². The zero-order valence-corrected chi connectivity index (χ0v) is 13.5. The van der Waals surface area contributed by atoms with Crippen LogP contribution in [0.1, 0.15) is 0 Å². The van der Waals surface area contributed by atoms with E-state index < -0.39 is 0 Å². The molecule has 0 radical (unpaired) electrons. The molecule has 2 aromatic heterocycles. The highest BCUT2D eigenvalue weighted by Gasteiger charge is 2.19. The van der Waals surface area contributed by atoms with Crippen molar-refractivity contribution in [1.29, 1.82) is 0 Å². The van der Waals surface area contributed by atoms with E-state index in [9.17, 15) is 4.79 Å². The SMILES string of the molecule is Cn1cnc2cc(N3CCN(c4cnccn4)CC3)ccc2c1=O. The third-order valence-electron chi connectivity index (χ3n) is 4.42. The first-order chi connectivity index (χ1) is 11.7. The van der Waals surface area contributed by atoms with Crippen molar-refractivity contribution in [1.82, 2.24) is 19.5 Å². The van der Waals surface area contributed by atoms with Crippen LogP contribution in [-0.2, 0) is 7.05 Å². The zero-order chi connectivity index (χ0) is 16.5. The second-order valence-corrected chi connectivity index (χ2v) is 5.90. The molecule has 0 spiro atoms. The Morgan fingerprint density at radius 3 is 2.54 bits per heavy atom. The summed E-state index contributed by atoms with van der Waals surface area (Å²) in [6, 6.07) is 5.87. The lowest BCUT2D eigenvalue weighted by molar-refractivity contribution is 0.646. The molecule has 24 heavy (non-hydrogen) atoms. The Morgan fingerprint density at radius 2 is 1.79 bits per heavy atom. The van der Waals surface area contributed by atoms with Crippen molar-refractivity contribution in [3.63, 3.8) is 0 Å². The summed E-state index contributed by atoms with van der Waals surface area (Å²) in [7, 11) is 1.72. The van der Waals surface area contributed by atoms with Gasteiger partial charge in [-0.15, -0.1) is 0 Å². The Morgan fingerprint density at radius 1 is 1.00 bits per heavy atom. The summed E-state index contributed by atoms with van der Waals surface area (Å²) in [5, 5.41) is 0.655. The molecule has 1 fully saturated rings. The Balaban J connectivity index is 1.54. The lowest BCUT2D eigenvalue weighted by Gasteiger charge is -2.36. The number of rotatable bonds is 2. The minimum absolute atomic E-state index is 0.0148. The van der Waals surface area contributed by atoms with Gasteiger partial charge in [-0.3, -0.25) is 9.78 Å². The normalized spacial score (nSPS) is 15.0. The van der Waals surface area contributed by atoms with Crippen LogP contribution in [0.2, 0.25) is 0 Å². The molecular formula is C17H18N6O. The largest absolute Gasteiger partial charge is 0.368 e. The third kappa shape index (κ3) is 2.58. The van der Waals surface area contributed by atoms with Crippen LogP contribution >= 0.6 is 0 Å². The number of aromatic nitrogens is 4. The van der Waals surface area contributed by atoms with Gasteiger partial charge in [0.2, 0.25) is 0 Å². The third-order valence-corrected chi connectivity index (χ3v) is 4.42. The fourth-order valence-electron chi connectivity index (χ4n) is 3.04.